The lowest BCUT2D eigenvalue weighted by molar-refractivity contribution is 0.0781. The van der Waals surface area contributed by atoms with Crippen LogP contribution in [-0.2, 0) is 0 Å². The Morgan fingerprint density at radius 1 is 1.50 bits per heavy atom. The van der Waals surface area contributed by atoms with Gasteiger partial charge in [-0.1, -0.05) is 0 Å². The lowest BCUT2D eigenvalue weighted by atomic mass is 10.1. The molecule has 0 aromatic heterocycles. The molecule has 1 fully saturated rings. The Morgan fingerprint density at radius 2 is 2.28 bits per heavy atom. The minimum absolute atomic E-state index is 0.120. The molecule has 4 nitrogen and oxygen atoms in total. The van der Waals surface area contributed by atoms with Crippen LogP contribution in [0.2, 0.25) is 0 Å². The largest absolute Gasteiger partial charge is 0.507 e. The van der Waals surface area contributed by atoms with Gasteiger partial charge in [0.05, 0.1) is 5.56 Å². The Hall–Kier alpha value is -1.62. The maximum absolute atomic E-state index is 12.8. The van der Waals surface area contributed by atoms with Gasteiger partial charge in [-0.15, -0.1) is 0 Å². The molecule has 1 saturated heterocycles. The molecule has 1 aromatic carbocycles. The number of carbonyl (C=O) groups excluding carboxylic acids is 1. The van der Waals surface area contributed by atoms with E-state index in [0.29, 0.717) is 25.4 Å². The summed E-state index contributed by atoms with van der Waals surface area (Å²) >= 11 is 0. The summed E-state index contributed by atoms with van der Waals surface area (Å²) in [4.78, 5) is 13.7. The molecule has 5 heteroatoms. The van der Waals surface area contributed by atoms with Crippen LogP contribution in [0, 0.1) is 11.7 Å². The second kappa shape index (κ2) is 5.35. The van der Waals surface area contributed by atoms with E-state index in [1.807, 2.05) is 0 Å². The summed E-state index contributed by atoms with van der Waals surface area (Å²) in [5, 5.41) is 18.4. The predicted octanol–water partition coefficient (Wildman–Crippen LogP) is 1.38. The van der Waals surface area contributed by atoms with Crippen molar-refractivity contribution in [3.05, 3.63) is 29.6 Å². The molecule has 1 aliphatic heterocycles. The van der Waals surface area contributed by atoms with Gasteiger partial charge in [0.2, 0.25) is 0 Å². The second-order valence-electron chi connectivity index (χ2n) is 4.58. The maximum Gasteiger partial charge on any atom is 0.257 e. The second-order valence-corrected chi connectivity index (χ2v) is 4.58. The average Bonchev–Trinajstić information content (AvgIpc) is 2.77. The highest BCUT2D eigenvalue weighted by molar-refractivity contribution is 5.96. The van der Waals surface area contributed by atoms with Crippen molar-refractivity contribution in [3.8, 4) is 5.75 Å². The number of amides is 1. The van der Waals surface area contributed by atoms with E-state index in [1.165, 1.54) is 6.07 Å². The maximum atomic E-state index is 12.8. The van der Waals surface area contributed by atoms with Crippen LogP contribution >= 0.6 is 0 Å². The summed E-state index contributed by atoms with van der Waals surface area (Å²) < 4.78 is 12.8. The molecule has 0 aliphatic carbocycles. The highest BCUT2D eigenvalue weighted by atomic mass is 19.1. The van der Waals surface area contributed by atoms with Crippen molar-refractivity contribution in [3.63, 3.8) is 0 Å². The standard InChI is InChI=1S/C13H16FNO3/c14-10-1-2-11(12(17)7-10)13(18)15-5-3-9(8-15)4-6-16/h1-2,7,9,16-17H,3-6,8H2. The highest BCUT2D eigenvalue weighted by Gasteiger charge is 2.27. The van der Waals surface area contributed by atoms with Crippen LogP contribution in [0.1, 0.15) is 23.2 Å². The molecule has 18 heavy (non-hydrogen) atoms. The first-order chi connectivity index (χ1) is 8.61. The Morgan fingerprint density at radius 3 is 2.94 bits per heavy atom. The summed E-state index contributed by atoms with van der Waals surface area (Å²) in [5.74, 6) is -0.872. The number of hydrogen-bond acceptors (Lipinski definition) is 3. The molecule has 98 valence electrons. The normalized spacial score (nSPS) is 19.2. The molecule has 1 amide bonds. The van der Waals surface area contributed by atoms with Crippen molar-refractivity contribution < 1.29 is 19.4 Å². The van der Waals surface area contributed by atoms with Crippen LogP contribution in [0.5, 0.6) is 5.75 Å². The van der Waals surface area contributed by atoms with E-state index >= 15 is 0 Å². The first-order valence-corrected chi connectivity index (χ1v) is 6.00. The molecule has 1 atom stereocenters. The van der Waals surface area contributed by atoms with E-state index in [1.54, 1.807) is 4.90 Å². The quantitative estimate of drug-likeness (QED) is 0.855. The molecule has 2 rings (SSSR count). The number of aliphatic hydroxyl groups is 1. The predicted molar refractivity (Wildman–Crippen MR) is 63.8 cm³/mol. The number of aromatic hydroxyl groups is 1. The van der Waals surface area contributed by atoms with Crippen LogP contribution in [0.4, 0.5) is 4.39 Å². The molecule has 0 radical (unpaired) electrons. The molecule has 1 aromatic rings. The van der Waals surface area contributed by atoms with Gasteiger partial charge in [0.25, 0.3) is 5.91 Å². The van der Waals surface area contributed by atoms with Crippen molar-refractivity contribution >= 4 is 5.91 Å². The van der Waals surface area contributed by atoms with E-state index in [0.717, 1.165) is 18.6 Å². The first-order valence-electron chi connectivity index (χ1n) is 6.00. The van der Waals surface area contributed by atoms with Crippen LogP contribution in [0.15, 0.2) is 18.2 Å². The Balaban J connectivity index is 2.08. The van der Waals surface area contributed by atoms with Gasteiger partial charge >= 0.3 is 0 Å². The third-order valence-corrected chi connectivity index (χ3v) is 3.30. The molecule has 2 N–H and O–H groups in total. The third-order valence-electron chi connectivity index (χ3n) is 3.30. The van der Waals surface area contributed by atoms with Gasteiger partial charge in [-0.2, -0.15) is 0 Å². The SMILES string of the molecule is O=C(c1ccc(F)cc1O)N1CCC(CCO)C1. The summed E-state index contributed by atoms with van der Waals surface area (Å²) in [6, 6.07) is 3.40. The van der Waals surface area contributed by atoms with Crippen LogP contribution in [-0.4, -0.2) is 40.7 Å². The van der Waals surface area contributed by atoms with Gasteiger partial charge in [-0.25, -0.2) is 4.39 Å². The van der Waals surface area contributed by atoms with Gasteiger partial charge in [0, 0.05) is 25.8 Å². The van der Waals surface area contributed by atoms with Gasteiger partial charge < -0.3 is 15.1 Å². The topological polar surface area (TPSA) is 60.8 Å². The number of benzene rings is 1. The van der Waals surface area contributed by atoms with Crippen LogP contribution in [0.25, 0.3) is 0 Å². The number of rotatable bonds is 3. The molecule has 1 heterocycles. The first kappa shape index (κ1) is 12.8. The molecular formula is C13H16FNO3. The number of phenolic OH excluding ortho intramolecular Hbond substituents is 1. The lowest BCUT2D eigenvalue weighted by Crippen LogP contribution is -2.28. The fourth-order valence-corrected chi connectivity index (χ4v) is 2.29. The summed E-state index contributed by atoms with van der Waals surface area (Å²) in [6.07, 6.45) is 1.54. The average molecular weight is 253 g/mol. The van der Waals surface area contributed by atoms with E-state index in [4.69, 9.17) is 5.11 Å². The van der Waals surface area contributed by atoms with Gasteiger partial charge in [0.1, 0.15) is 11.6 Å². The number of carbonyl (C=O) groups is 1. The van der Waals surface area contributed by atoms with E-state index in [-0.39, 0.29) is 23.8 Å². The van der Waals surface area contributed by atoms with Gasteiger partial charge in [-0.3, -0.25) is 4.79 Å². The Labute approximate surface area is 105 Å². The number of likely N-dealkylation sites (tertiary alicyclic amines) is 1. The number of nitrogens with zero attached hydrogens (tertiary/aromatic N) is 1. The third kappa shape index (κ3) is 2.61. The number of hydrogen-bond donors (Lipinski definition) is 2. The van der Waals surface area contributed by atoms with Crippen molar-refractivity contribution in [2.45, 2.75) is 12.8 Å². The van der Waals surface area contributed by atoms with Gasteiger partial charge in [-0.05, 0) is 30.9 Å². The monoisotopic (exact) mass is 253 g/mol. The molecular weight excluding hydrogens is 237 g/mol. The van der Waals surface area contributed by atoms with Crippen molar-refractivity contribution in [2.24, 2.45) is 5.92 Å². The number of aliphatic hydroxyl groups excluding tert-OH is 1. The highest BCUT2D eigenvalue weighted by Crippen LogP contribution is 2.25. The molecule has 1 aliphatic rings. The van der Waals surface area contributed by atoms with Crippen LogP contribution < -0.4 is 0 Å². The molecule has 0 bridgehead atoms. The zero-order valence-electron chi connectivity index (χ0n) is 9.97. The Kier molecular flexibility index (Phi) is 3.81. The number of phenols is 1. The molecule has 0 spiro atoms. The van der Waals surface area contributed by atoms with Crippen molar-refractivity contribution in [1.82, 2.24) is 4.90 Å². The Bertz CT molecular complexity index is 450. The van der Waals surface area contributed by atoms with Gasteiger partial charge in [0.15, 0.2) is 0 Å². The minimum Gasteiger partial charge on any atom is -0.507 e. The molecule has 0 saturated carbocycles. The smallest absolute Gasteiger partial charge is 0.257 e. The summed E-state index contributed by atoms with van der Waals surface area (Å²) in [6.45, 7) is 1.31. The van der Waals surface area contributed by atoms with E-state index in [9.17, 15) is 14.3 Å². The van der Waals surface area contributed by atoms with Crippen LogP contribution in [0.3, 0.4) is 0 Å². The fourth-order valence-electron chi connectivity index (χ4n) is 2.29. The summed E-state index contributed by atoms with van der Waals surface area (Å²) in [7, 11) is 0. The van der Waals surface area contributed by atoms with E-state index in [2.05, 4.69) is 0 Å². The number of halogens is 1. The summed E-state index contributed by atoms with van der Waals surface area (Å²) in [5.41, 5.74) is 0.126. The zero-order valence-corrected chi connectivity index (χ0v) is 9.97. The fraction of sp³-hybridized carbons (Fsp3) is 0.462. The zero-order chi connectivity index (χ0) is 13.1. The molecule has 1 unspecified atom stereocenters. The van der Waals surface area contributed by atoms with Crippen molar-refractivity contribution in [2.75, 3.05) is 19.7 Å². The van der Waals surface area contributed by atoms with E-state index < -0.39 is 5.82 Å². The van der Waals surface area contributed by atoms with Crippen molar-refractivity contribution in [1.29, 1.82) is 0 Å². The lowest BCUT2D eigenvalue weighted by Gasteiger charge is -2.17. The minimum atomic E-state index is -0.566.